The van der Waals surface area contributed by atoms with E-state index in [4.69, 9.17) is 4.74 Å². The summed E-state index contributed by atoms with van der Waals surface area (Å²) in [5.41, 5.74) is 2.78. The number of aromatic nitrogens is 1. The van der Waals surface area contributed by atoms with Crippen molar-refractivity contribution in [2.24, 2.45) is 0 Å². The molecular formula is C20H20F2N2OS. The topological polar surface area (TPSA) is 34.1 Å². The van der Waals surface area contributed by atoms with Gasteiger partial charge < -0.3 is 10.1 Å². The normalized spacial score (nSPS) is 12.2. The Hall–Kier alpha value is -2.31. The number of rotatable bonds is 7. The molecule has 1 aromatic heterocycles. The van der Waals surface area contributed by atoms with Crippen molar-refractivity contribution < 1.29 is 13.5 Å². The second-order valence-electron chi connectivity index (χ2n) is 6.11. The van der Waals surface area contributed by atoms with Gasteiger partial charge in [0.25, 0.3) is 0 Å². The highest BCUT2D eigenvalue weighted by Crippen LogP contribution is 2.18. The lowest BCUT2D eigenvalue weighted by molar-refractivity contribution is 0.305. The summed E-state index contributed by atoms with van der Waals surface area (Å²) in [6.07, 6.45) is 0. The standard InChI is InChI=1S/C20H20F2N2OS/c1-13-3-6-17(7-4-13)25-11-20-24-16(12-26-20)10-23-14(2)15-5-8-18(21)19(22)9-15/h3-9,12,14,23H,10-11H2,1-2H3. The van der Waals surface area contributed by atoms with E-state index < -0.39 is 11.6 Å². The van der Waals surface area contributed by atoms with Crippen LogP contribution in [0.25, 0.3) is 0 Å². The maximum atomic E-state index is 13.3. The van der Waals surface area contributed by atoms with E-state index >= 15 is 0 Å². The molecule has 0 saturated heterocycles. The van der Waals surface area contributed by atoms with Crippen molar-refractivity contribution in [2.75, 3.05) is 0 Å². The van der Waals surface area contributed by atoms with Gasteiger partial charge in [-0.15, -0.1) is 11.3 Å². The van der Waals surface area contributed by atoms with Gasteiger partial charge in [0, 0.05) is 18.0 Å². The summed E-state index contributed by atoms with van der Waals surface area (Å²) in [7, 11) is 0. The minimum Gasteiger partial charge on any atom is -0.486 e. The van der Waals surface area contributed by atoms with E-state index in [1.165, 1.54) is 23.0 Å². The molecular weight excluding hydrogens is 354 g/mol. The maximum Gasteiger partial charge on any atom is 0.159 e. The molecule has 0 saturated carbocycles. The molecule has 3 nitrogen and oxygen atoms in total. The molecule has 3 rings (SSSR count). The number of halogens is 2. The van der Waals surface area contributed by atoms with E-state index in [1.807, 2.05) is 43.5 Å². The highest BCUT2D eigenvalue weighted by molar-refractivity contribution is 7.09. The van der Waals surface area contributed by atoms with Gasteiger partial charge in [-0.05, 0) is 43.7 Å². The van der Waals surface area contributed by atoms with Gasteiger partial charge >= 0.3 is 0 Å². The molecule has 2 aromatic carbocycles. The van der Waals surface area contributed by atoms with Crippen molar-refractivity contribution >= 4 is 11.3 Å². The fraction of sp³-hybridized carbons (Fsp3) is 0.250. The van der Waals surface area contributed by atoms with Gasteiger partial charge in [0.05, 0.1) is 5.69 Å². The zero-order chi connectivity index (χ0) is 18.5. The van der Waals surface area contributed by atoms with Crippen LogP contribution in [0.2, 0.25) is 0 Å². The van der Waals surface area contributed by atoms with Gasteiger partial charge in [-0.2, -0.15) is 0 Å². The van der Waals surface area contributed by atoms with Crippen molar-refractivity contribution in [3.05, 3.63) is 81.3 Å². The van der Waals surface area contributed by atoms with Crippen LogP contribution in [0.15, 0.2) is 47.8 Å². The monoisotopic (exact) mass is 374 g/mol. The third kappa shape index (κ3) is 4.86. The van der Waals surface area contributed by atoms with Crippen LogP contribution in [0, 0.1) is 18.6 Å². The SMILES string of the molecule is Cc1ccc(OCc2nc(CNC(C)c3ccc(F)c(F)c3)cs2)cc1. The number of aryl methyl sites for hydroxylation is 1. The summed E-state index contributed by atoms with van der Waals surface area (Å²) in [6, 6.07) is 11.7. The molecule has 3 aromatic rings. The van der Waals surface area contributed by atoms with E-state index in [9.17, 15) is 8.78 Å². The number of thiazole rings is 1. The minimum absolute atomic E-state index is 0.112. The molecule has 0 aliphatic carbocycles. The van der Waals surface area contributed by atoms with Crippen LogP contribution in [-0.2, 0) is 13.2 Å². The number of ether oxygens (including phenoxy) is 1. The Kier molecular flexibility index (Phi) is 5.96. The molecule has 136 valence electrons. The van der Waals surface area contributed by atoms with Crippen molar-refractivity contribution in [1.82, 2.24) is 10.3 Å². The Morgan fingerprint density at radius 3 is 2.62 bits per heavy atom. The zero-order valence-corrected chi connectivity index (χ0v) is 15.4. The van der Waals surface area contributed by atoms with E-state index in [2.05, 4.69) is 10.3 Å². The summed E-state index contributed by atoms with van der Waals surface area (Å²) >= 11 is 1.54. The molecule has 0 spiro atoms. The number of benzene rings is 2. The summed E-state index contributed by atoms with van der Waals surface area (Å²) in [4.78, 5) is 4.54. The minimum atomic E-state index is -0.835. The second-order valence-corrected chi connectivity index (χ2v) is 7.05. The van der Waals surface area contributed by atoms with E-state index in [0.717, 1.165) is 22.5 Å². The molecule has 0 amide bonds. The molecule has 0 bridgehead atoms. The Balaban J connectivity index is 1.51. The first-order valence-electron chi connectivity index (χ1n) is 8.32. The van der Waals surface area contributed by atoms with Crippen LogP contribution >= 0.6 is 11.3 Å². The van der Waals surface area contributed by atoms with Crippen molar-refractivity contribution in [2.45, 2.75) is 33.0 Å². The largest absolute Gasteiger partial charge is 0.486 e. The lowest BCUT2D eigenvalue weighted by Crippen LogP contribution is -2.18. The van der Waals surface area contributed by atoms with Gasteiger partial charge in [-0.1, -0.05) is 23.8 Å². The molecule has 1 N–H and O–H groups in total. The molecule has 1 atom stereocenters. The van der Waals surface area contributed by atoms with E-state index in [0.29, 0.717) is 18.7 Å². The molecule has 1 unspecified atom stereocenters. The van der Waals surface area contributed by atoms with Crippen LogP contribution in [0.5, 0.6) is 5.75 Å². The number of hydrogen-bond acceptors (Lipinski definition) is 4. The average Bonchev–Trinajstić information content (AvgIpc) is 3.09. The fourth-order valence-corrected chi connectivity index (χ4v) is 3.14. The van der Waals surface area contributed by atoms with E-state index in [-0.39, 0.29) is 6.04 Å². The summed E-state index contributed by atoms with van der Waals surface area (Å²) in [5.74, 6) is -0.851. The zero-order valence-electron chi connectivity index (χ0n) is 14.6. The maximum absolute atomic E-state index is 13.3. The Morgan fingerprint density at radius 2 is 1.88 bits per heavy atom. The van der Waals surface area contributed by atoms with Crippen LogP contribution < -0.4 is 10.1 Å². The second kappa shape index (κ2) is 8.38. The van der Waals surface area contributed by atoms with Gasteiger partial charge in [0.2, 0.25) is 0 Å². The molecule has 0 aliphatic rings. The smallest absolute Gasteiger partial charge is 0.159 e. The van der Waals surface area contributed by atoms with Gasteiger partial charge in [-0.3, -0.25) is 0 Å². The molecule has 0 aliphatic heterocycles. The van der Waals surface area contributed by atoms with Crippen LogP contribution in [-0.4, -0.2) is 4.98 Å². The highest BCUT2D eigenvalue weighted by atomic mass is 32.1. The van der Waals surface area contributed by atoms with Crippen LogP contribution in [0.1, 0.15) is 34.8 Å². The molecule has 6 heteroatoms. The molecule has 0 radical (unpaired) electrons. The Bertz CT molecular complexity index is 865. The highest BCUT2D eigenvalue weighted by Gasteiger charge is 2.10. The lowest BCUT2D eigenvalue weighted by atomic mass is 10.1. The average molecular weight is 374 g/mol. The first-order valence-corrected chi connectivity index (χ1v) is 9.20. The first kappa shape index (κ1) is 18.5. The third-order valence-electron chi connectivity index (χ3n) is 4.02. The van der Waals surface area contributed by atoms with Crippen molar-refractivity contribution in [3.8, 4) is 5.75 Å². The number of nitrogens with one attached hydrogen (secondary N) is 1. The Morgan fingerprint density at radius 1 is 1.12 bits per heavy atom. The molecule has 0 fully saturated rings. The summed E-state index contributed by atoms with van der Waals surface area (Å²) < 4.78 is 32.1. The third-order valence-corrected chi connectivity index (χ3v) is 4.89. The molecule has 1 heterocycles. The quantitative estimate of drug-likeness (QED) is 0.620. The van der Waals surface area contributed by atoms with Crippen molar-refractivity contribution in [1.29, 1.82) is 0 Å². The predicted octanol–water partition coefficient (Wildman–Crippen LogP) is 5.16. The predicted molar refractivity (Wildman–Crippen MR) is 99.2 cm³/mol. The van der Waals surface area contributed by atoms with Crippen LogP contribution in [0.3, 0.4) is 0 Å². The lowest BCUT2D eigenvalue weighted by Gasteiger charge is -2.13. The van der Waals surface area contributed by atoms with Crippen molar-refractivity contribution in [3.63, 3.8) is 0 Å². The summed E-state index contributed by atoms with van der Waals surface area (Å²) in [6.45, 7) is 4.90. The van der Waals surface area contributed by atoms with Gasteiger partial charge in [0.1, 0.15) is 17.4 Å². The van der Waals surface area contributed by atoms with Gasteiger partial charge in [-0.25, -0.2) is 13.8 Å². The van der Waals surface area contributed by atoms with Gasteiger partial charge in [0.15, 0.2) is 11.6 Å². The van der Waals surface area contributed by atoms with Crippen LogP contribution in [0.4, 0.5) is 8.78 Å². The summed E-state index contributed by atoms with van der Waals surface area (Å²) in [5, 5.41) is 6.13. The number of nitrogens with zero attached hydrogens (tertiary/aromatic N) is 1. The first-order chi connectivity index (χ1) is 12.5. The number of hydrogen-bond donors (Lipinski definition) is 1. The van der Waals surface area contributed by atoms with E-state index in [1.54, 1.807) is 6.07 Å². The Labute approximate surface area is 155 Å². The fourth-order valence-electron chi connectivity index (χ4n) is 2.43. The molecule has 26 heavy (non-hydrogen) atoms.